The number of fused-ring (bicyclic) bond motifs is 1. The second kappa shape index (κ2) is 4.73. The second-order valence-electron chi connectivity index (χ2n) is 7.23. The summed E-state index contributed by atoms with van der Waals surface area (Å²) in [7, 11) is 0. The SMILES string of the molecule is Cc1noc(C)c1Cn1c(C)cc2c1CC(C)(C)CC2N. The lowest BCUT2D eigenvalue weighted by atomic mass is 9.74. The van der Waals surface area contributed by atoms with E-state index in [9.17, 15) is 0 Å². The molecule has 0 saturated carbocycles. The van der Waals surface area contributed by atoms with E-state index in [1.165, 1.54) is 22.5 Å². The van der Waals surface area contributed by atoms with Gasteiger partial charge in [0.05, 0.1) is 12.2 Å². The molecule has 0 aromatic carbocycles. The van der Waals surface area contributed by atoms with Crippen molar-refractivity contribution in [3.8, 4) is 0 Å². The standard InChI is InChI=1S/C17H25N3O/c1-10-6-13-15(18)7-17(4,5)8-16(13)20(10)9-14-11(2)19-21-12(14)3/h6,15H,7-9,18H2,1-5H3. The van der Waals surface area contributed by atoms with E-state index in [-0.39, 0.29) is 11.5 Å². The van der Waals surface area contributed by atoms with Crippen LogP contribution in [0, 0.1) is 26.2 Å². The number of nitrogens with zero attached hydrogens (tertiary/aromatic N) is 2. The van der Waals surface area contributed by atoms with Crippen molar-refractivity contribution in [3.05, 3.63) is 40.0 Å². The Kier molecular flexibility index (Phi) is 3.24. The van der Waals surface area contributed by atoms with E-state index in [1.807, 2.05) is 13.8 Å². The highest BCUT2D eigenvalue weighted by atomic mass is 16.5. The van der Waals surface area contributed by atoms with E-state index in [0.717, 1.165) is 30.8 Å². The summed E-state index contributed by atoms with van der Waals surface area (Å²) in [5.74, 6) is 0.911. The summed E-state index contributed by atoms with van der Waals surface area (Å²) in [6.45, 7) is 11.6. The van der Waals surface area contributed by atoms with Gasteiger partial charge in [0.25, 0.3) is 0 Å². The first-order chi connectivity index (χ1) is 9.78. The summed E-state index contributed by atoms with van der Waals surface area (Å²) in [6, 6.07) is 2.40. The van der Waals surface area contributed by atoms with Crippen LogP contribution in [-0.2, 0) is 13.0 Å². The van der Waals surface area contributed by atoms with Gasteiger partial charge in [0.15, 0.2) is 0 Å². The molecular weight excluding hydrogens is 262 g/mol. The first kappa shape index (κ1) is 14.4. The smallest absolute Gasteiger partial charge is 0.138 e. The molecule has 2 heterocycles. The van der Waals surface area contributed by atoms with Crippen molar-refractivity contribution >= 4 is 0 Å². The van der Waals surface area contributed by atoms with Gasteiger partial charge in [0.1, 0.15) is 5.76 Å². The molecule has 1 atom stereocenters. The molecule has 0 amide bonds. The van der Waals surface area contributed by atoms with Crippen LogP contribution in [-0.4, -0.2) is 9.72 Å². The van der Waals surface area contributed by atoms with E-state index in [1.54, 1.807) is 0 Å². The number of hydrogen-bond acceptors (Lipinski definition) is 3. The summed E-state index contributed by atoms with van der Waals surface area (Å²) in [4.78, 5) is 0. The van der Waals surface area contributed by atoms with E-state index >= 15 is 0 Å². The van der Waals surface area contributed by atoms with Gasteiger partial charge in [-0.3, -0.25) is 0 Å². The lowest BCUT2D eigenvalue weighted by Gasteiger charge is -2.34. The Labute approximate surface area is 126 Å². The molecule has 21 heavy (non-hydrogen) atoms. The van der Waals surface area contributed by atoms with Gasteiger partial charge in [0, 0.05) is 23.0 Å². The average molecular weight is 287 g/mol. The highest BCUT2D eigenvalue weighted by Gasteiger charge is 2.33. The second-order valence-corrected chi connectivity index (χ2v) is 7.23. The fourth-order valence-electron chi connectivity index (χ4n) is 3.61. The van der Waals surface area contributed by atoms with Gasteiger partial charge in [-0.1, -0.05) is 19.0 Å². The molecule has 2 N–H and O–H groups in total. The molecule has 4 nitrogen and oxygen atoms in total. The fourth-order valence-corrected chi connectivity index (χ4v) is 3.61. The predicted molar refractivity (Wildman–Crippen MR) is 83.3 cm³/mol. The first-order valence-electron chi connectivity index (χ1n) is 7.65. The molecule has 4 heteroatoms. The monoisotopic (exact) mass is 287 g/mol. The van der Waals surface area contributed by atoms with Crippen LogP contribution < -0.4 is 5.73 Å². The first-order valence-corrected chi connectivity index (χ1v) is 7.65. The Morgan fingerprint density at radius 2 is 2.10 bits per heavy atom. The van der Waals surface area contributed by atoms with Crippen LogP contribution in [0.15, 0.2) is 10.6 Å². The van der Waals surface area contributed by atoms with Crippen molar-refractivity contribution in [1.29, 1.82) is 0 Å². The van der Waals surface area contributed by atoms with Gasteiger partial charge >= 0.3 is 0 Å². The van der Waals surface area contributed by atoms with Gasteiger partial charge in [-0.15, -0.1) is 0 Å². The topological polar surface area (TPSA) is 57.0 Å². The molecule has 0 aliphatic heterocycles. The number of hydrogen-bond donors (Lipinski definition) is 1. The summed E-state index contributed by atoms with van der Waals surface area (Å²) in [5, 5.41) is 4.07. The van der Waals surface area contributed by atoms with Gasteiger partial charge in [-0.05, 0) is 50.7 Å². The van der Waals surface area contributed by atoms with E-state index < -0.39 is 0 Å². The molecule has 0 radical (unpaired) electrons. The minimum absolute atomic E-state index is 0.147. The molecule has 3 rings (SSSR count). The molecule has 0 spiro atoms. The highest BCUT2D eigenvalue weighted by Crippen LogP contribution is 2.41. The third-order valence-electron chi connectivity index (χ3n) is 4.76. The minimum atomic E-state index is 0.147. The largest absolute Gasteiger partial charge is 0.361 e. The Bertz CT molecular complexity index is 659. The molecule has 0 fully saturated rings. The highest BCUT2D eigenvalue weighted by molar-refractivity contribution is 5.35. The van der Waals surface area contributed by atoms with Gasteiger partial charge in [-0.2, -0.15) is 0 Å². The Morgan fingerprint density at radius 1 is 1.38 bits per heavy atom. The number of rotatable bonds is 2. The van der Waals surface area contributed by atoms with Crippen LogP contribution in [0.4, 0.5) is 0 Å². The molecule has 2 aromatic rings. The van der Waals surface area contributed by atoms with Crippen LogP contribution in [0.2, 0.25) is 0 Å². The average Bonchev–Trinajstić information content (AvgIpc) is 2.84. The lowest BCUT2D eigenvalue weighted by molar-refractivity contribution is 0.276. The third-order valence-corrected chi connectivity index (χ3v) is 4.76. The van der Waals surface area contributed by atoms with Crippen molar-refractivity contribution in [2.45, 2.75) is 60.0 Å². The van der Waals surface area contributed by atoms with Gasteiger partial charge in [-0.25, -0.2) is 0 Å². The molecule has 2 aromatic heterocycles. The molecular formula is C17H25N3O. The number of aryl methyl sites for hydroxylation is 3. The van der Waals surface area contributed by atoms with Crippen LogP contribution in [0.25, 0.3) is 0 Å². The predicted octanol–water partition coefficient (Wildman–Crippen LogP) is 3.42. The normalized spacial score (nSPS) is 20.6. The Balaban J connectivity index is 2.05. The van der Waals surface area contributed by atoms with Crippen molar-refractivity contribution in [1.82, 2.24) is 9.72 Å². The molecule has 114 valence electrons. The number of nitrogens with two attached hydrogens (primary N) is 1. The minimum Gasteiger partial charge on any atom is -0.361 e. The maximum Gasteiger partial charge on any atom is 0.138 e. The summed E-state index contributed by atoms with van der Waals surface area (Å²) < 4.78 is 7.69. The maximum absolute atomic E-state index is 6.39. The molecule has 1 unspecified atom stereocenters. The maximum atomic E-state index is 6.39. The fraction of sp³-hybridized carbons (Fsp3) is 0.588. The van der Waals surface area contributed by atoms with Crippen molar-refractivity contribution in [2.24, 2.45) is 11.1 Å². The van der Waals surface area contributed by atoms with Gasteiger partial charge < -0.3 is 14.8 Å². The van der Waals surface area contributed by atoms with Crippen molar-refractivity contribution in [2.75, 3.05) is 0 Å². The molecule has 0 bridgehead atoms. The van der Waals surface area contributed by atoms with E-state index in [2.05, 4.69) is 36.6 Å². The van der Waals surface area contributed by atoms with Crippen molar-refractivity contribution in [3.63, 3.8) is 0 Å². The zero-order valence-electron chi connectivity index (χ0n) is 13.7. The molecule has 1 aliphatic rings. The quantitative estimate of drug-likeness (QED) is 0.920. The molecule has 1 aliphatic carbocycles. The summed E-state index contributed by atoms with van der Waals surface area (Å²) >= 11 is 0. The van der Waals surface area contributed by atoms with Crippen LogP contribution in [0.5, 0.6) is 0 Å². The zero-order valence-corrected chi connectivity index (χ0v) is 13.7. The molecule has 0 saturated heterocycles. The number of aromatic nitrogens is 2. The van der Waals surface area contributed by atoms with E-state index in [4.69, 9.17) is 10.3 Å². The zero-order chi connectivity index (χ0) is 15.4. The van der Waals surface area contributed by atoms with E-state index in [0.29, 0.717) is 0 Å². The summed E-state index contributed by atoms with van der Waals surface area (Å²) in [6.07, 6.45) is 2.13. The Hall–Kier alpha value is -1.55. The Morgan fingerprint density at radius 3 is 2.71 bits per heavy atom. The van der Waals surface area contributed by atoms with Crippen LogP contribution in [0.3, 0.4) is 0 Å². The van der Waals surface area contributed by atoms with Gasteiger partial charge in [0.2, 0.25) is 0 Å². The lowest BCUT2D eigenvalue weighted by Crippen LogP contribution is -2.30. The van der Waals surface area contributed by atoms with Crippen LogP contribution >= 0.6 is 0 Å². The van der Waals surface area contributed by atoms with Crippen LogP contribution in [0.1, 0.15) is 60.3 Å². The van der Waals surface area contributed by atoms with Crippen molar-refractivity contribution < 1.29 is 4.52 Å². The summed E-state index contributed by atoms with van der Waals surface area (Å²) in [5.41, 5.74) is 12.8. The third kappa shape index (κ3) is 2.42.